The highest BCUT2D eigenvalue weighted by atomic mass is 19.4. The summed E-state index contributed by atoms with van der Waals surface area (Å²) in [5.74, 6) is 0.138. The van der Waals surface area contributed by atoms with Gasteiger partial charge in [0.05, 0.1) is 36.1 Å². The first-order valence-electron chi connectivity index (χ1n) is 16.2. The van der Waals surface area contributed by atoms with Crippen LogP contribution in [0, 0.1) is 5.41 Å². The number of nitrogens with zero attached hydrogens (tertiary/aromatic N) is 5. The molecule has 3 N–H and O–H groups in total. The number of ether oxygens (including phenoxy) is 1. The molecule has 2 aliphatic heterocycles. The standard InChI is InChI=1S/C37H34F3N7O3/c1-36(21-50-22-36)35(49)46-17-5-8-26(20-46)33-45-30(31-32(41)43-19-28(47(31)33)14-9-23-6-3-2-4-7-23)24-10-12-25(13-11-24)34(48)44-29-18-27(15-16-42-29)37(38,39)40/h2-4,6-7,9-16,18-19,26H,5,8,17,20-22H2,1H3,(H2,41,43)(H,42,44,48)/t26-/m1/s1. The number of amides is 2. The molecular formula is C37H34F3N7O3. The van der Waals surface area contributed by atoms with Crippen molar-refractivity contribution in [2.24, 2.45) is 5.41 Å². The van der Waals surface area contributed by atoms with Crippen LogP contribution in [0.4, 0.5) is 24.8 Å². The number of aromatic nitrogens is 4. The van der Waals surface area contributed by atoms with Crippen LogP contribution in [0.15, 0.2) is 79.1 Å². The molecule has 50 heavy (non-hydrogen) atoms. The molecule has 0 saturated carbocycles. The number of likely N-dealkylation sites (tertiary alicyclic amines) is 1. The van der Waals surface area contributed by atoms with E-state index >= 15 is 0 Å². The molecule has 3 aromatic heterocycles. The molecule has 13 heteroatoms. The number of hydrogen-bond acceptors (Lipinski definition) is 7. The summed E-state index contributed by atoms with van der Waals surface area (Å²) in [6.45, 7) is 3.89. The normalized spacial score (nSPS) is 17.5. The molecule has 256 valence electrons. The number of pyridine rings is 1. The molecule has 0 unspecified atom stereocenters. The van der Waals surface area contributed by atoms with Gasteiger partial charge in [-0.15, -0.1) is 0 Å². The van der Waals surface area contributed by atoms with Crippen LogP contribution in [-0.4, -0.2) is 62.4 Å². The zero-order chi connectivity index (χ0) is 35.0. The number of nitrogens with one attached hydrogen (secondary N) is 1. The van der Waals surface area contributed by atoms with Gasteiger partial charge in [0.25, 0.3) is 5.91 Å². The maximum atomic E-state index is 13.5. The molecule has 2 amide bonds. The minimum atomic E-state index is -4.57. The van der Waals surface area contributed by atoms with Gasteiger partial charge in [0.15, 0.2) is 0 Å². The zero-order valence-corrected chi connectivity index (χ0v) is 27.2. The van der Waals surface area contributed by atoms with Crippen LogP contribution in [0.1, 0.15) is 58.7 Å². The van der Waals surface area contributed by atoms with E-state index in [0.717, 1.165) is 48.3 Å². The van der Waals surface area contributed by atoms with Crippen molar-refractivity contribution in [3.05, 3.63) is 107 Å². The number of halogens is 3. The first-order chi connectivity index (χ1) is 24.0. The lowest BCUT2D eigenvalue weighted by Crippen LogP contribution is -2.55. The van der Waals surface area contributed by atoms with Crippen LogP contribution >= 0.6 is 0 Å². The van der Waals surface area contributed by atoms with Gasteiger partial charge in [-0.3, -0.25) is 14.0 Å². The lowest BCUT2D eigenvalue weighted by molar-refractivity contribution is -0.170. The molecule has 0 aliphatic carbocycles. The number of fused-ring (bicyclic) bond motifs is 1. The van der Waals surface area contributed by atoms with Crippen molar-refractivity contribution in [3.8, 4) is 11.3 Å². The van der Waals surface area contributed by atoms with Gasteiger partial charge in [-0.1, -0.05) is 48.5 Å². The summed E-state index contributed by atoms with van der Waals surface area (Å²) in [6.07, 6.45) is 3.67. The second-order valence-corrected chi connectivity index (χ2v) is 12.9. The molecule has 5 heterocycles. The number of imidazole rings is 1. The number of hydrogen-bond donors (Lipinski definition) is 2. The van der Waals surface area contributed by atoms with Crippen LogP contribution in [0.5, 0.6) is 0 Å². The molecule has 1 atom stereocenters. The van der Waals surface area contributed by atoms with Crippen LogP contribution < -0.4 is 11.1 Å². The van der Waals surface area contributed by atoms with Crippen molar-refractivity contribution in [3.63, 3.8) is 0 Å². The van der Waals surface area contributed by atoms with Gasteiger partial charge < -0.3 is 20.7 Å². The summed E-state index contributed by atoms with van der Waals surface area (Å²) >= 11 is 0. The number of carbonyl (C=O) groups is 2. The maximum absolute atomic E-state index is 13.5. The van der Waals surface area contributed by atoms with E-state index < -0.39 is 23.1 Å². The summed E-state index contributed by atoms with van der Waals surface area (Å²) in [4.78, 5) is 41.9. The number of nitrogen functional groups attached to an aromatic ring is 1. The van der Waals surface area contributed by atoms with Gasteiger partial charge in [0.1, 0.15) is 28.7 Å². The van der Waals surface area contributed by atoms with Crippen molar-refractivity contribution >= 4 is 41.1 Å². The summed E-state index contributed by atoms with van der Waals surface area (Å²) < 4.78 is 46.9. The van der Waals surface area contributed by atoms with E-state index in [4.69, 9.17) is 15.5 Å². The highest BCUT2D eigenvalue weighted by molar-refractivity contribution is 6.04. The van der Waals surface area contributed by atoms with Crippen molar-refractivity contribution in [1.29, 1.82) is 0 Å². The Morgan fingerprint density at radius 1 is 1.04 bits per heavy atom. The molecule has 2 aliphatic rings. The van der Waals surface area contributed by atoms with Crippen LogP contribution in [0.25, 0.3) is 28.9 Å². The molecule has 2 fully saturated rings. The van der Waals surface area contributed by atoms with Gasteiger partial charge in [-0.25, -0.2) is 15.0 Å². The number of carbonyl (C=O) groups excluding carboxylic acids is 2. The SMILES string of the molecule is CC1(C(=O)N2CCC[C@@H](c3nc(-c4ccc(C(=O)Nc5cc(C(F)(F)F)ccn5)cc4)c4c(N)ncc(C=Cc5ccccc5)n34)C2)COC1. The van der Waals surface area contributed by atoms with E-state index in [2.05, 4.69) is 15.3 Å². The van der Waals surface area contributed by atoms with Crippen LogP contribution in [0.2, 0.25) is 0 Å². The minimum Gasteiger partial charge on any atom is -0.382 e. The molecular weight excluding hydrogens is 647 g/mol. The number of rotatable bonds is 7. The fourth-order valence-corrected chi connectivity index (χ4v) is 6.46. The predicted molar refractivity (Wildman–Crippen MR) is 183 cm³/mol. The maximum Gasteiger partial charge on any atom is 0.416 e. The van der Waals surface area contributed by atoms with Crippen molar-refractivity contribution in [2.75, 3.05) is 37.4 Å². The smallest absolute Gasteiger partial charge is 0.382 e. The quantitative estimate of drug-likeness (QED) is 0.199. The molecule has 2 aromatic carbocycles. The highest BCUT2D eigenvalue weighted by Gasteiger charge is 2.45. The summed E-state index contributed by atoms with van der Waals surface area (Å²) in [6, 6.07) is 18.0. The van der Waals surface area contributed by atoms with Crippen LogP contribution in [-0.2, 0) is 15.7 Å². The third kappa shape index (κ3) is 6.43. The Hall–Kier alpha value is -5.56. The number of piperidine rings is 1. The fraction of sp³-hybridized carbons (Fsp3) is 0.270. The van der Waals surface area contributed by atoms with E-state index in [1.54, 1.807) is 30.5 Å². The largest absolute Gasteiger partial charge is 0.416 e. The number of anilines is 2. The molecule has 2 saturated heterocycles. The molecule has 0 spiro atoms. The van der Waals surface area contributed by atoms with E-state index in [0.29, 0.717) is 43.1 Å². The number of benzene rings is 2. The Labute approximate surface area is 285 Å². The second kappa shape index (κ2) is 13.0. The third-order valence-corrected chi connectivity index (χ3v) is 9.17. The average molecular weight is 682 g/mol. The fourth-order valence-electron chi connectivity index (χ4n) is 6.46. The number of nitrogens with two attached hydrogens (primary N) is 1. The monoisotopic (exact) mass is 681 g/mol. The average Bonchev–Trinajstić information content (AvgIpc) is 3.52. The summed E-state index contributed by atoms with van der Waals surface area (Å²) in [7, 11) is 0. The predicted octanol–water partition coefficient (Wildman–Crippen LogP) is 6.56. The Morgan fingerprint density at radius 2 is 1.80 bits per heavy atom. The lowest BCUT2D eigenvalue weighted by atomic mass is 9.85. The van der Waals surface area contributed by atoms with Crippen molar-refractivity contribution in [1.82, 2.24) is 24.3 Å². The van der Waals surface area contributed by atoms with E-state index in [-0.39, 0.29) is 29.0 Å². The van der Waals surface area contributed by atoms with Crippen molar-refractivity contribution in [2.45, 2.75) is 31.9 Å². The Balaban J connectivity index is 1.25. The second-order valence-electron chi connectivity index (χ2n) is 12.9. The first kappa shape index (κ1) is 33.0. The third-order valence-electron chi connectivity index (χ3n) is 9.17. The molecule has 0 radical (unpaired) electrons. The summed E-state index contributed by atoms with van der Waals surface area (Å²) in [5, 5.41) is 2.44. The van der Waals surface area contributed by atoms with Gasteiger partial charge in [-0.05, 0) is 55.7 Å². The zero-order valence-electron chi connectivity index (χ0n) is 27.2. The number of alkyl halides is 3. The van der Waals surface area contributed by atoms with E-state index in [1.165, 1.54) is 0 Å². The van der Waals surface area contributed by atoms with E-state index in [9.17, 15) is 22.8 Å². The molecule has 5 aromatic rings. The Morgan fingerprint density at radius 3 is 2.50 bits per heavy atom. The van der Waals surface area contributed by atoms with E-state index in [1.807, 2.05) is 58.7 Å². The van der Waals surface area contributed by atoms with Gasteiger partial charge in [-0.2, -0.15) is 13.2 Å². The van der Waals surface area contributed by atoms with Crippen molar-refractivity contribution < 1.29 is 27.5 Å². The Kier molecular flexibility index (Phi) is 8.60. The van der Waals surface area contributed by atoms with Crippen LogP contribution in [0.3, 0.4) is 0 Å². The van der Waals surface area contributed by atoms with Gasteiger partial charge in [0, 0.05) is 36.3 Å². The van der Waals surface area contributed by atoms with Gasteiger partial charge >= 0.3 is 6.18 Å². The summed E-state index contributed by atoms with van der Waals surface area (Å²) in [5.41, 5.74) is 8.87. The molecule has 7 rings (SSSR count). The lowest BCUT2D eigenvalue weighted by Gasteiger charge is -2.42. The minimum absolute atomic E-state index is 0.0779. The Bertz CT molecular complexity index is 2090. The molecule has 10 nitrogen and oxygen atoms in total. The highest BCUT2D eigenvalue weighted by Crippen LogP contribution is 2.37. The molecule has 0 bridgehead atoms. The van der Waals surface area contributed by atoms with Gasteiger partial charge in [0.2, 0.25) is 5.91 Å². The topological polar surface area (TPSA) is 128 Å². The first-order valence-corrected chi connectivity index (χ1v) is 16.2.